The van der Waals surface area contributed by atoms with E-state index in [0.29, 0.717) is 6.54 Å². The van der Waals surface area contributed by atoms with Crippen molar-refractivity contribution in [1.29, 1.82) is 0 Å². The predicted octanol–water partition coefficient (Wildman–Crippen LogP) is 2.23. The SMILES string of the molecule is OCCn1ncc2c1CN(Cc1ccc([C@@H]3CCCCO3)o1)C2. The first-order chi connectivity index (χ1) is 11.3. The highest BCUT2D eigenvalue weighted by Gasteiger charge is 2.25. The molecule has 1 atom stereocenters. The molecule has 0 bridgehead atoms. The van der Waals surface area contributed by atoms with Crippen LogP contribution < -0.4 is 0 Å². The van der Waals surface area contributed by atoms with Crippen molar-refractivity contribution in [3.63, 3.8) is 0 Å². The van der Waals surface area contributed by atoms with Crippen molar-refractivity contribution in [2.45, 2.75) is 51.5 Å². The number of hydrogen-bond acceptors (Lipinski definition) is 5. The smallest absolute Gasteiger partial charge is 0.133 e. The third-order valence-electron chi connectivity index (χ3n) is 4.67. The van der Waals surface area contributed by atoms with E-state index in [2.05, 4.69) is 22.1 Å². The Morgan fingerprint density at radius 3 is 3.04 bits per heavy atom. The fourth-order valence-corrected chi connectivity index (χ4v) is 3.51. The maximum atomic E-state index is 9.10. The van der Waals surface area contributed by atoms with E-state index in [9.17, 15) is 0 Å². The summed E-state index contributed by atoms with van der Waals surface area (Å²) < 4.78 is 13.7. The van der Waals surface area contributed by atoms with Crippen molar-refractivity contribution >= 4 is 0 Å². The van der Waals surface area contributed by atoms with E-state index < -0.39 is 0 Å². The molecule has 2 aliphatic heterocycles. The van der Waals surface area contributed by atoms with Gasteiger partial charge < -0.3 is 14.3 Å². The van der Waals surface area contributed by atoms with E-state index in [-0.39, 0.29) is 12.7 Å². The van der Waals surface area contributed by atoms with Crippen molar-refractivity contribution in [2.75, 3.05) is 13.2 Å². The molecule has 6 heteroatoms. The third kappa shape index (κ3) is 3.06. The van der Waals surface area contributed by atoms with E-state index >= 15 is 0 Å². The fraction of sp³-hybridized carbons (Fsp3) is 0.588. The van der Waals surface area contributed by atoms with Crippen molar-refractivity contribution in [3.8, 4) is 0 Å². The number of aromatic nitrogens is 2. The predicted molar refractivity (Wildman–Crippen MR) is 83.5 cm³/mol. The summed E-state index contributed by atoms with van der Waals surface area (Å²) in [5.74, 6) is 1.95. The summed E-state index contributed by atoms with van der Waals surface area (Å²) >= 11 is 0. The number of rotatable bonds is 5. The van der Waals surface area contributed by atoms with Crippen molar-refractivity contribution in [2.24, 2.45) is 0 Å². The zero-order valence-electron chi connectivity index (χ0n) is 13.3. The van der Waals surface area contributed by atoms with E-state index in [1.165, 1.54) is 17.7 Å². The Balaban J connectivity index is 1.39. The summed E-state index contributed by atoms with van der Waals surface area (Å²) in [7, 11) is 0. The summed E-state index contributed by atoms with van der Waals surface area (Å²) in [6.45, 7) is 4.05. The van der Waals surface area contributed by atoms with Gasteiger partial charge in [0.25, 0.3) is 0 Å². The first-order valence-electron chi connectivity index (χ1n) is 8.40. The van der Waals surface area contributed by atoms with Gasteiger partial charge in [-0.15, -0.1) is 0 Å². The molecular weight excluding hydrogens is 294 g/mol. The largest absolute Gasteiger partial charge is 0.462 e. The molecule has 1 N–H and O–H groups in total. The maximum absolute atomic E-state index is 9.10. The van der Waals surface area contributed by atoms with Crippen molar-refractivity contribution in [3.05, 3.63) is 41.1 Å². The van der Waals surface area contributed by atoms with Crippen LogP contribution in [0.1, 0.15) is 48.1 Å². The number of furan rings is 1. The molecule has 0 aliphatic carbocycles. The van der Waals surface area contributed by atoms with Gasteiger partial charge >= 0.3 is 0 Å². The van der Waals surface area contributed by atoms with E-state index in [4.69, 9.17) is 14.3 Å². The fourth-order valence-electron chi connectivity index (χ4n) is 3.51. The zero-order chi connectivity index (χ0) is 15.6. The second-order valence-electron chi connectivity index (χ2n) is 6.37. The highest BCUT2D eigenvalue weighted by atomic mass is 16.5. The molecule has 0 saturated carbocycles. The van der Waals surface area contributed by atoms with Gasteiger partial charge in [0.2, 0.25) is 0 Å². The highest BCUT2D eigenvalue weighted by Crippen LogP contribution is 2.30. The molecule has 0 amide bonds. The van der Waals surface area contributed by atoms with E-state index in [0.717, 1.165) is 50.6 Å². The van der Waals surface area contributed by atoms with Gasteiger partial charge in [-0.3, -0.25) is 9.58 Å². The molecule has 2 aromatic heterocycles. The van der Waals surface area contributed by atoms with Crippen LogP contribution in [0.25, 0.3) is 0 Å². The minimum atomic E-state index is 0.122. The molecule has 1 fully saturated rings. The van der Waals surface area contributed by atoms with Crippen LogP contribution in [0.3, 0.4) is 0 Å². The molecule has 0 spiro atoms. The monoisotopic (exact) mass is 317 g/mol. The lowest BCUT2D eigenvalue weighted by molar-refractivity contribution is 0.000825. The van der Waals surface area contributed by atoms with Crippen LogP contribution in [-0.4, -0.2) is 33.0 Å². The number of hydrogen-bond donors (Lipinski definition) is 1. The molecule has 1 saturated heterocycles. The van der Waals surface area contributed by atoms with Gasteiger partial charge in [0.05, 0.1) is 31.6 Å². The third-order valence-corrected chi connectivity index (χ3v) is 4.67. The normalized spacial score (nSPS) is 21.7. The zero-order valence-corrected chi connectivity index (χ0v) is 13.3. The molecule has 2 aliphatic rings. The molecule has 0 aromatic carbocycles. The van der Waals surface area contributed by atoms with Gasteiger partial charge in [0, 0.05) is 25.3 Å². The minimum absolute atomic E-state index is 0.122. The summed E-state index contributed by atoms with van der Waals surface area (Å²) in [6, 6.07) is 4.12. The molecular formula is C17H23N3O3. The van der Waals surface area contributed by atoms with E-state index in [1.54, 1.807) is 0 Å². The first kappa shape index (κ1) is 14.9. The standard InChI is InChI=1S/C17H23N3O3/c21-7-6-20-15-12-19(10-13(15)9-18-20)11-14-4-5-17(23-14)16-3-1-2-8-22-16/h4-5,9,16,21H,1-3,6-8,10-12H2/t16-/m0/s1. The maximum Gasteiger partial charge on any atom is 0.133 e. The average molecular weight is 317 g/mol. The Hall–Kier alpha value is -1.63. The van der Waals surface area contributed by atoms with Crippen LogP contribution in [0.15, 0.2) is 22.7 Å². The number of ether oxygens (including phenoxy) is 1. The lowest BCUT2D eigenvalue weighted by Gasteiger charge is -2.20. The summed E-state index contributed by atoms with van der Waals surface area (Å²) in [6.07, 6.45) is 5.46. The van der Waals surface area contributed by atoms with Crippen LogP contribution in [-0.2, 0) is 30.9 Å². The Bertz CT molecular complexity index is 658. The number of aliphatic hydroxyl groups is 1. The number of fused-ring (bicyclic) bond motifs is 1. The number of aliphatic hydroxyl groups excluding tert-OH is 1. The average Bonchev–Trinajstić information content (AvgIpc) is 3.27. The summed E-state index contributed by atoms with van der Waals surface area (Å²) in [5, 5.41) is 13.4. The second-order valence-corrected chi connectivity index (χ2v) is 6.37. The van der Waals surface area contributed by atoms with Crippen molar-refractivity contribution < 1.29 is 14.3 Å². The van der Waals surface area contributed by atoms with Gasteiger partial charge in [-0.1, -0.05) is 0 Å². The summed E-state index contributed by atoms with van der Waals surface area (Å²) in [5.41, 5.74) is 2.46. The molecule has 4 rings (SSSR count). The molecule has 124 valence electrons. The second kappa shape index (κ2) is 6.47. The van der Waals surface area contributed by atoms with Crippen LogP contribution in [0.5, 0.6) is 0 Å². The van der Waals surface area contributed by atoms with Crippen LogP contribution >= 0.6 is 0 Å². The quantitative estimate of drug-likeness (QED) is 0.916. The van der Waals surface area contributed by atoms with Gasteiger partial charge in [0.15, 0.2) is 0 Å². The lowest BCUT2D eigenvalue weighted by atomic mass is 10.1. The first-order valence-corrected chi connectivity index (χ1v) is 8.40. The molecule has 0 radical (unpaired) electrons. The number of nitrogens with zero attached hydrogens (tertiary/aromatic N) is 3. The topological polar surface area (TPSA) is 63.7 Å². The molecule has 2 aromatic rings. The van der Waals surface area contributed by atoms with Gasteiger partial charge in [-0.2, -0.15) is 5.10 Å². The van der Waals surface area contributed by atoms with Crippen LogP contribution in [0.4, 0.5) is 0 Å². The van der Waals surface area contributed by atoms with Gasteiger partial charge in [0.1, 0.15) is 17.6 Å². The highest BCUT2D eigenvalue weighted by molar-refractivity contribution is 5.22. The van der Waals surface area contributed by atoms with Crippen LogP contribution in [0, 0.1) is 0 Å². The van der Waals surface area contributed by atoms with Crippen molar-refractivity contribution in [1.82, 2.24) is 14.7 Å². The Morgan fingerprint density at radius 1 is 1.26 bits per heavy atom. The Kier molecular flexibility index (Phi) is 4.20. The van der Waals surface area contributed by atoms with Crippen LogP contribution in [0.2, 0.25) is 0 Å². The molecule has 0 unspecified atom stereocenters. The van der Waals surface area contributed by atoms with Gasteiger partial charge in [-0.05, 0) is 31.4 Å². The minimum Gasteiger partial charge on any atom is -0.462 e. The summed E-state index contributed by atoms with van der Waals surface area (Å²) in [4.78, 5) is 2.34. The molecule has 4 heterocycles. The Morgan fingerprint density at radius 2 is 2.22 bits per heavy atom. The Labute approximate surface area is 135 Å². The van der Waals surface area contributed by atoms with Gasteiger partial charge in [-0.25, -0.2) is 0 Å². The van der Waals surface area contributed by atoms with E-state index in [1.807, 2.05) is 10.9 Å². The molecule has 6 nitrogen and oxygen atoms in total. The molecule has 23 heavy (non-hydrogen) atoms. The lowest BCUT2D eigenvalue weighted by Crippen LogP contribution is -2.18.